The third-order valence-electron chi connectivity index (χ3n) is 2.42. The highest BCUT2D eigenvalue weighted by atomic mass is 79.9. The third kappa shape index (κ3) is 2.92. The predicted molar refractivity (Wildman–Crippen MR) is 69.6 cm³/mol. The molecule has 1 N–H and O–H groups in total. The molecule has 1 aromatic carbocycles. The lowest BCUT2D eigenvalue weighted by molar-refractivity contribution is 0.369. The minimum Gasteiger partial charge on any atom is -0.338 e. The molecular weight excluding hydrogens is 282 g/mol. The van der Waals surface area contributed by atoms with Crippen molar-refractivity contribution in [1.29, 1.82) is 0 Å². The highest BCUT2D eigenvalue weighted by molar-refractivity contribution is 9.10. The lowest BCUT2D eigenvalue weighted by Gasteiger charge is -1.99. The molecule has 0 aliphatic heterocycles. The van der Waals surface area contributed by atoms with Gasteiger partial charge in [-0.1, -0.05) is 40.1 Å². The van der Waals surface area contributed by atoms with E-state index in [9.17, 15) is 0 Å². The van der Waals surface area contributed by atoms with Crippen LogP contribution in [0.3, 0.4) is 0 Å². The molecule has 0 unspecified atom stereocenters. The van der Waals surface area contributed by atoms with Crippen LogP contribution >= 0.6 is 15.9 Å². The Morgan fingerprint density at radius 2 is 2.24 bits per heavy atom. The molecule has 0 spiro atoms. The van der Waals surface area contributed by atoms with Crippen molar-refractivity contribution in [2.24, 2.45) is 0 Å². The number of nitrogens with one attached hydrogen (secondary N) is 1. The Balaban J connectivity index is 2.21. The van der Waals surface area contributed by atoms with Crippen LogP contribution in [-0.4, -0.2) is 16.7 Å². The summed E-state index contributed by atoms with van der Waals surface area (Å²) in [5.74, 6) is 1.23. The number of aryl methyl sites for hydroxylation is 1. The Kier molecular flexibility index (Phi) is 3.91. The number of nitrogens with zero attached hydrogens (tertiary/aromatic N) is 2. The normalized spacial score (nSPS) is 10.8. The van der Waals surface area contributed by atoms with E-state index in [2.05, 4.69) is 31.4 Å². The highest BCUT2D eigenvalue weighted by Gasteiger charge is 2.08. The van der Waals surface area contributed by atoms with Crippen LogP contribution in [0.4, 0.5) is 0 Å². The molecule has 0 bridgehead atoms. The second-order valence-corrected chi connectivity index (χ2v) is 4.61. The SMILES string of the molecule is CCNCc1nc(-c2ccc(C)c(Br)c2)no1. The van der Waals surface area contributed by atoms with E-state index in [1.54, 1.807) is 0 Å². The summed E-state index contributed by atoms with van der Waals surface area (Å²) in [4.78, 5) is 4.33. The molecular formula is C12H14BrN3O. The molecule has 1 heterocycles. The molecule has 0 amide bonds. The topological polar surface area (TPSA) is 51.0 Å². The maximum Gasteiger partial charge on any atom is 0.240 e. The summed E-state index contributed by atoms with van der Waals surface area (Å²) in [5.41, 5.74) is 2.14. The molecule has 0 saturated heterocycles. The van der Waals surface area contributed by atoms with E-state index in [4.69, 9.17) is 4.52 Å². The van der Waals surface area contributed by atoms with E-state index in [-0.39, 0.29) is 0 Å². The van der Waals surface area contributed by atoms with Crippen LogP contribution < -0.4 is 5.32 Å². The van der Waals surface area contributed by atoms with Gasteiger partial charge in [-0.2, -0.15) is 4.98 Å². The number of halogens is 1. The van der Waals surface area contributed by atoms with Gasteiger partial charge in [-0.25, -0.2) is 0 Å². The van der Waals surface area contributed by atoms with Gasteiger partial charge in [0.15, 0.2) is 0 Å². The number of rotatable bonds is 4. The third-order valence-corrected chi connectivity index (χ3v) is 3.28. The number of aromatic nitrogens is 2. The van der Waals surface area contributed by atoms with Crippen LogP contribution in [-0.2, 0) is 6.54 Å². The summed E-state index contributed by atoms with van der Waals surface area (Å²) in [6.07, 6.45) is 0. The maximum absolute atomic E-state index is 5.15. The molecule has 0 radical (unpaired) electrons. The Morgan fingerprint density at radius 1 is 1.41 bits per heavy atom. The van der Waals surface area contributed by atoms with Gasteiger partial charge >= 0.3 is 0 Å². The molecule has 2 aromatic rings. The summed E-state index contributed by atoms with van der Waals surface area (Å²) >= 11 is 3.49. The van der Waals surface area contributed by atoms with Gasteiger partial charge in [0.1, 0.15) is 0 Å². The molecule has 0 saturated carbocycles. The fourth-order valence-electron chi connectivity index (χ4n) is 1.41. The first-order chi connectivity index (χ1) is 8.20. The van der Waals surface area contributed by atoms with Gasteiger partial charge in [-0.05, 0) is 25.1 Å². The van der Waals surface area contributed by atoms with Crippen molar-refractivity contribution in [3.63, 3.8) is 0 Å². The quantitative estimate of drug-likeness (QED) is 0.942. The van der Waals surface area contributed by atoms with Crippen molar-refractivity contribution in [2.45, 2.75) is 20.4 Å². The zero-order valence-corrected chi connectivity index (χ0v) is 11.4. The molecule has 0 atom stereocenters. The van der Waals surface area contributed by atoms with Crippen LogP contribution in [0, 0.1) is 6.92 Å². The molecule has 0 aliphatic rings. The smallest absolute Gasteiger partial charge is 0.240 e. The lowest BCUT2D eigenvalue weighted by Crippen LogP contribution is -2.11. The standard InChI is InChI=1S/C12H14BrN3O/c1-3-14-7-11-15-12(16-17-11)9-5-4-8(2)10(13)6-9/h4-6,14H,3,7H2,1-2H3. The van der Waals surface area contributed by atoms with Crippen molar-refractivity contribution in [2.75, 3.05) is 6.54 Å². The lowest BCUT2D eigenvalue weighted by atomic mass is 10.1. The second-order valence-electron chi connectivity index (χ2n) is 3.76. The molecule has 0 fully saturated rings. The minimum absolute atomic E-state index is 0.608. The first-order valence-electron chi connectivity index (χ1n) is 5.50. The summed E-state index contributed by atoms with van der Waals surface area (Å²) in [5, 5.41) is 7.11. The van der Waals surface area contributed by atoms with E-state index >= 15 is 0 Å². The molecule has 1 aromatic heterocycles. The van der Waals surface area contributed by atoms with Gasteiger partial charge < -0.3 is 9.84 Å². The van der Waals surface area contributed by atoms with Crippen molar-refractivity contribution in [3.05, 3.63) is 34.1 Å². The summed E-state index contributed by atoms with van der Waals surface area (Å²) in [7, 11) is 0. The average Bonchev–Trinajstić information content (AvgIpc) is 2.79. The first-order valence-corrected chi connectivity index (χ1v) is 6.30. The second kappa shape index (κ2) is 5.42. The summed E-state index contributed by atoms with van der Waals surface area (Å²) in [6, 6.07) is 6.01. The molecule has 4 nitrogen and oxygen atoms in total. The molecule has 0 aliphatic carbocycles. The van der Waals surface area contributed by atoms with Gasteiger partial charge in [0.2, 0.25) is 11.7 Å². The zero-order valence-electron chi connectivity index (χ0n) is 9.83. The molecule has 2 rings (SSSR count). The highest BCUT2D eigenvalue weighted by Crippen LogP contribution is 2.23. The Morgan fingerprint density at radius 3 is 2.94 bits per heavy atom. The van der Waals surface area contributed by atoms with Crippen LogP contribution in [0.5, 0.6) is 0 Å². The first kappa shape index (κ1) is 12.3. The van der Waals surface area contributed by atoms with Crippen molar-refractivity contribution in [3.8, 4) is 11.4 Å². The van der Waals surface area contributed by atoms with E-state index in [1.807, 2.05) is 32.0 Å². The molecule has 17 heavy (non-hydrogen) atoms. The van der Waals surface area contributed by atoms with Crippen molar-refractivity contribution < 1.29 is 4.52 Å². The number of hydrogen-bond acceptors (Lipinski definition) is 4. The summed E-state index contributed by atoms with van der Waals surface area (Å²) in [6.45, 7) is 5.57. The number of benzene rings is 1. The largest absolute Gasteiger partial charge is 0.338 e. The zero-order chi connectivity index (χ0) is 12.3. The van der Waals surface area contributed by atoms with Gasteiger partial charge in [0, 0.05) is 10.0 Å². The van der Waals surface area contributed by atoms with Crippen LogP contribution in [0.1, 0.15) is 18.4 Å². The van der Waals surface area contributed by atoms with Gasteiger partial charge in [-0.3, -0.25) is 0 Å². The summed E-state index contributed by atoms with van der Waals surface area (Å²) < 4.78 is 6.20. The Hall–Kier alpha value is -1.20. The van der Waals surface area contributed by atoms with Crippen molar-refractivity contribution in [1.82, 2.24) is 15.5 Å². The fraction of sp³-hybridized carbons (Fsp3) is 0.333. The number of hydrogen-bond donors (Lipinski definition) is 1. The minimum atomic E-state index is 0.608. The van der Waals surface area contributed by atoms with Gasteiger partial charge in [0.25, 0.3) is 0 Å². The fourth-order valence-corrected chi connectivity index (χ4v) is 1.79. The average molecular weight is 296 g/mol. The van der Waals surface area contributed by atoms with E-state index in [0.717, 1.165) is 16.6 Å². The van der Waals surface area contributed by atoms with Crippen LogP contribution in [0.15, 0.2) is 27.2 Å². The molecule has 90 valence electrons. The Bertz CT molecular complexity index is 510. The van der Waals surface area contributed by atoms with E-state index in [1.165, 1.54) is 5.56 Å². The van der Waals surface area contributed by atoms with E-state index < -0.39 is 0 Å². The molecule has 5 heteroatoms. The van der Waals surface area contributed by atoms with E-state index in [0.29, 0.717) is 18.3 Å². The maximum atomic E-state index is 5.15. The van der Waals surface area contributed by atoms with Crippen LogP contribution in [0.2, 0.25) is 0 Å². The van der Waals surface area contributed by atoms with Crippen molar-refractivity contribution >= 4 is 15.9 Å². The monoisotopic (exact) mass is 295 g/mol. The Labute approximate surface area is 109 Å². The van der Waals surface area contributed by atoms with Gasteiger partial charge in [-0.15, -0.1) is 0 Å². The predicted octanol–water partition coefficient (Wildman–Crippen LogP) is 2.92. The van der Waals surface area contributed by atoms with Gasteiger partial charge in [0.05, 0.1) is 6.54 Å². The van der Waals surface area contributed by atoms with Crippen LogP contribution in [0.25, 0.3) is 11.4 Å².